The minimum Gasteiger partial charge on any atom is -0.381 e. The van der Waals surface area contributed by atoms with Gasteiger partial charge in [0, 0.05) is 25.8 Å². The van der Waals surface area contributed by atoms with Crippen molar-refractivity contribution < 1.29 is 9.18 Å². The predicted molar refractivity (Wildman–Crippen MR) is 77.9 cm³/mol. The predicted octanol–water partition coefficient (Wildman–Crippen LogP) is 1.46. The van der Waals surface area contributed by atoms with Crippen LogP contribution in [0.1, 0.15) is 24.2 Å². The molecule has 0 aliphatic heterocycles. The Morgan fingerprint density at radius 3 is 2.60 bits per heavy atom. The molecule has 1 heterocycles. The molecule has 20 heavy (non-hydrogen) atoms. The number of anilines is 1. The van der Waals surface area contributed by atoms with Crippen molar-refractivity contribution >= 4 is 11.7 Å². The largest absolute Gasteiger partial charge is 0.381 e. The van der Waals surface area contributed by atoms with Gasteiger partial charge < -0.3 is 15.5 Å². The zero-order chi connectivity index (χ0) is 15.3. The number of aromatic nitrogens is 1. The Morgan fingerprint density at radius 1 is 1.40 bits per heavy atom. The third-order valence-electron chi connectivity index (χ3n) is 2.84. The van der Waals surface area contributed by atoms with Gasteiger partial charge in [-0.05, 0) is 26.1 Å². The topological polar surface area (TPSA) is 62.5 Å². The number of halogens is 1. The van der Waals surface area contributed by atoms with Crippen LogP contribution < -0.4 is 5.73 Å². The zero-order valence-electron chi connectivity index (χ0n) is 12.6. The fourth-order valence-electron chi connectivity index (χ4n) is 1.83. The van der Waals surface area contributed by atoms with E-state index in [0.717, 1.165) is 6.54 Å². The lowest BCUT2D eigenvalue weighted by Crippen LogP contribution is -2.39. The SMILES string of the molecule is CC(C)CN(CCN(C)C)C(=O)c1ccnc(N)c1F. The van der Waals surface area contributed by atoms with Crippen LogP contribution in [0.2, 0.25) is 0 Å². The number of hydrogen-bond donors (Lipinski definition) is 1. The van der Waals surface area contributed by atoms with Crippen molar-refractivity contribution in [3.8, 4) is 0 Å². The lowest BCUT2D eigenvalue weighted by Gasteiger charge is -2.26. The molecule has 1 aromatic heterocycles. The Kier molecular flexibility index (Phi) is 5.88. The minimum atomic E-state index is -0.740. The Hall–Kier alpha value is -1.69. The van der Waals surface area contributed by atoms with E-state index in [0.29, 0.717) is 19.0 Å². The van der Waals surface area contributed by atoms with Crippen molar-refractivity contribution in [2.75, 3.05) is 39.5 Å². The van der Waals surface area contributed by atoms with Gasteiger partial charge in [-0.2, -0.15) is 0 Å². The summed E-state index contributed by atoms with van der Waals surface area (Å²) in [6.07, 6.45) is 1.35. The van der Waals surface area contributed by atoms with Gasteiger partial charge in [0.2, 0.25) is 0 Å². The van der Waals surface area contributed by atoms with Gasteiger partial charge in [0.1, 0.15) is 0 Å². The summed E-state index contributed by atoms with van der Waals surface area (Å²) in [4.78, 5) is 19.7. The van der Waals surface area contributed by atoms with Crippen LogP contribution in [-0.2, 0) is 0 Å². The van der Waals surface area contributed by atoms with E-state index in [9.17, 15) is 9.18 Å². The highest BCUT2D eigenvalue weighted by Gasteiger charge is 2.21. The molecule has 2 N–H and O–H groups in total. The van der Waals surface area contributed by atoms with Crippen LogP contribution in [-0.4, -0.2) is 54.4 Å². The van der Waals surface area contributed by atoms with Gasteiger partial charge in [0.15, 0.2) is 11.6 Å². The van der Waals surface area contributed by atoms with Crippen molar-refractivity contribution in [2.24, 2.45) is 5.92 Å². The molecule has 112 valence electrons. The number of carbonyl (C=O) groups excluding carboxylic acids is 1. The first-order valence-electron chi connectivity index (χ1n) is 6.67. The highest BCUT2D eigenvalue weighted by Crippen LogP contribution is 2.15. The summed E-state index contributed by atoms with van der Waals surface area (Å²) in [6, 6.07) is 1.37. The molecular weight excluding hydrogens is 259 g/mol. The van der Waals surface area contributed by atoms with Crippen molar-refractivity contribution in [3.05, 3.63) is 23.6 Å². The Balaban J connectivity index is 2.94. The first-order chi connectivity index (χ1) is 9.32. The number of nitrogens with two attached hydrogens (primary N) is 1. The maximum absolute atomic E-state index is 13.9. The van der Waals surface area contributed by atoms with Crippen LogP contribution in [0.25, 0.3) is 0 Å². The molecule has 6 heteroatoms. The van der Waals surface area contributed by atoms with E-state index in [1.807, 2.05) is 32.8 Å². The summed E-state index contributed by atoms with van der Waals surface area (Å²) < 4.78 is 13.9. The third-order valence-corrected chi connectivity index (χ3v) is 2.84. The molecule has 0 unspecified atom stereocenters. The van der Waals surface area contributed by atoms with E-state index in [1.165, 1.54) is 12.3 Å². The number of hydrogen-bond acceptors (Lipinski definition) is 4. The second kappa shape index (κ2) is 7.19. The van der Waals surface area contributed by atoms with E-state index in [1.54, 1.807) is 4.90 Å². The lowest BCUT2D eigenvalue weighted by atomic mass is 10.1. The van der Waals surface area contributed by atoms with E-state index < -0.39 is 5.82 Å². The fraction of sp³-hybridized carbons (Fsp3) is 0.571. The van der Waals surface area contributed by atoms with Gasteiger partial charge in [-0.25, -0.2) is 9.37 Å². The molecule has 0 saturated heterocycles. The summed E-state index contributed by atoms with van der Waals surface area (Å²) in [6.45, 7) is 5.89. The minimum absolute atomic E-state index is 0.0168. The number of pyridine rings is 1. The molecule has 0 atom stereocenters. The maximum atomic E-state index is 13.9. The van der Waals surface area contributed by atoms with Crippen molar-refractivity contribution in [1.82, 2.24) is 14.8 Å². The monoisotopic (exact) mass is 282 g/mol. The molecule has 0 aliphatic carbocycles. The molecule has 0 aromatic carbocycles. The molecule has 0 bridgehead atoms. The van der Waals surface area contributed by atoms with Crippen LogP contribution in [0.15, 0.2) is 12.3 Å². The van der Waals surface area contributed by atoms with Gasteiger partial charge in [-0.3, -0.25) is 4.79 Å². The van der Waals surface area contributed by atoms with Gasteiger partial charge in [-0.1, -0.05) is 13.8 Å². The fourth-order valence-corrected chi connectivity index (χ4v) is 1.83. The van der Waals surface area contributed by atoms with Gasteiger partial charge >= 0.3 is 0 Å². The van der Waals surface area contributed by atoms with Crippen LogP contribution in [0.5, 0.6) is 0 Å². The van der Waals surface area contributed by atoms with E-state index in [-0.39, 0.29) is 17.3 Å². The number of rotatable bonds is 6. The lowest BCUT2D eigenvalue weighted by molar-refractivity contribution is 0.0720. The summed E-state index contributed by atoms with van der Waals surface area (Å²) in [7, 11) is 3.87. The average molecular weight is 282 g/mol. The van der Waals surface area contributed by atoms with Crippen LogP contribution in [0.3, 0.4) is 0 Å². The Morgan fingerprint density at radius 2 is 2.05 bits per heavy atom. The molecule has 0 radical (unpaired) electrons. The number of nitrogens with zero attached hydrogens (tertiary/aromatic N) is 3. The van der Waals surface area contributed by atoms with Gasteiger partial charge in [0.25, 0.3) is 5.91 Å². The zero-order valence-corrected chi connectivity index (χ0v) is 12.6. The summed E-state index contributed by atoms with van der Waals surface area (Å²) in [5.74, 6) is -1.01. The molecule has 1 aromatic rings. The van der Waals surface area contributed by atoms with Crippen molar-refractivity contribution in [1.29, 1.82) is 0 Å². The molecule has 1 rings (SSSR count). The Labute approximate surface area is 119 Å². The molecule has 5 nitrogen and oxygen atoms in total. The second-order valence-electron chi connectivity index (χ2n) is 5.51. The molecule has 0 fully saturated rings. The molecular formula is C14H23FN4O. The van der Waals surface area contributed by atoms with Crippen LogP contribution in [0, 0.1) is 11.7 Å². The molecule has 0 spiro atoms. The smallest absolute Gasteiger partial charge is 0.257 e. The van der Waals surface area contributed by atoms with Crippen molar-refractivity contribution in [3.63, 3.8) is 0 Å². The quantitative estimate of drug-likeness (QED) is 0.858. The van der Waals surface area contributed by atoms with Gasteiger partial charge in [0.05, 0.1) is 5.56 Å². The molecule has 0 aliphatic rings. The van der Waals surface area contributed by atoms with Crippen LogP contribution in [0.4, 0.5) is 10.2 Å². The van der Waals surface area contributed by atoms with Crippen molar-refractivity contribution in [2.45, 2.75) is 13.8 Å². The maximum Gasteiger partial charge on any atom is 0.257 e. The molecule has 0 saturated carbocycles. The highest BCUT2D eigenvalue weighted by atomic mass is 19.1. The molecule has 1 amide bonds. The summed E-state index contributed by atoms with van der Waals surface area (Å²) >= 11 is 0. The Bertz CT molecular complexity index is 462. The second-order valence-corrected chi connectivity index (χ2v) is 5.51. The first kappa shape index (κ1) is 16.4. The summed E-state index contributed by atoms with van der Waals surface area (Å²) in [5.41, 5.74) is 5.40. The summed E-state index contributed by atoms with van der Waals surface area (Å²) in [5, 5.41) is 0. The van der Waals surface area contributed by atoms with E-state index in [2.05, 4.69) is 4.98 Å². The standard InChI is InChI=1S/C14H23FN4O/c1-10(2)9-19(8-7-18(3)4)14(20)11-5-6-17-13(16)12(11)15/h5-6,10H,7-9H2,1-4H3,(H2,16,17). The highest BCUT2D eigenvalue weighted by molar-refractivity contribution is 5.95. The third kappa shape index (κ3) is 4.45. The number of carbonyl (C=O) groups is 1. The van der Waals surface area contributed by atoms with Crippen LogP contribution >= 0.6 is 0 Å². The van der Waals surface area contributed by atoms with E-state index in [4.69, 9.17) is 5.73 Å². The number of nitrogen functional groups attached to an aromatic ring is 1. The van der Waals surface area contributed by atoms with Gasteiger partial charge in [-0.15, -0.1) is 0 Å². The first-order valence-corrected chi connectivity index (χ1v) is 6.67. The average Bonchev–Trinajstić information content (AvgIpc) is 2.36. The van der Waals surface area contributed by atoms with E-state index >= 15 is 0 Å². The number of likely N-dealkylation sites (N-methyl/N-ethyl adjacent to an activating group) is 1. The normalized spacial score (nSPS) is 11.2. The number of amides is 1.